The highest BCUT2D eigenvalue weighted by Gasteiger charge is 2.25. The summed E-state index contributed by atoms with van der Waals surface area (Å²) in [6.45, 7) is 5.58. The minimum atomic E-state index is -0.928. The van der Waals surface area contributed by atoms with Crippen molar-refractivity contribution in [3.05, 3.63) is 33.6 Å². The Bertz CT molecular complexity index is 496. The lowest BCUT2D eigenvalue weighted by Gasteiger charge is -2.33. The number of carboxylic acid groups (broad SMARTS) is 1. The third-order valence-electron chi connectivity index (χ3n) is 3.46. The average molecular weight is 322 g/mol. The standard InChI is InChI=1S/C14H18Cl2FNO2/c1-4-8(2)18(7-14(19)20)9(3)10-5-13(17)12(16)6-11(10)15/h5-6,8-9H,4,7H2,1-3H3,(H,19,20). The molecule has 1 N–H and O–H groups in total. The summed E-state index contributed by atoms with van der Waals surface area (Å²) < 4.78 is 13.6. The minimum absolute atomic E-state index is 0.0379. The largest absolute Gasteiger partial charge is 0.480 e. The number of aliphatic carboxylic acids is 1. The maximum absolute atomic E-state index is 13.6. The summed E-state index contributed by atoms with van der Waals surface area (Å²) >= 11 is 11.8. The predicted octanol–water partition coefficient (Wildman–Crippen LogP) is 4.38. The van der Waals surface area contributed by atoms with Gasteiger partial charge in [0.1, 0.15) is 5.82 Å². The lowest BCUT2D eigenvalue weighted by Crippen LogP contribution is -2.39. The van der Waals surface area contributed by atoms with Crippen molar-refractivity contribution >= 4 is 29.2 Å². The average Bonchev–Trinajstić information content (AvgIpc) is 2.38. The molecular formula is C14H18Cl2FNO2. The van der Waals surface area contributed by atoms with Crippen LogP contribution in [-0.2, 0) is 4.79 Å². The summed E-state index contributed by atoms with van der Waals surface area (Å²) in [5.41, 5.74) is 0.537. The van der Waals surface area contributed by atoms with Crippen LogP contribution in [0.5, 0.6) is 0 Å². The fourth-order valence-corrected chi connectivity index (χ4v) is 2.64. The van der Waals surface area contributed by atoms with Crippen LogP contribution in [0.2, 0.25) is 10.0 Å². The van der Waals surface area contributed by atoms with E-state index in [0.29, 0.717) is 10.6 Å². The molecule has 1 rings (SSSR count). The Kier molecular flexibility index (Phi) is 6.24. The molecule has 0 amide bonds. The van der Waals surface area contributed by atoms with Crippen molar-refractivity contribution in [2.45, 2.75) is 39.3 Å². The van der Waals surface area contributed by atoms with E-state index in [1.54, 1.807) is 4.90 Å². The quantitative estimate of drug-likeness (QED) is 0.790. The second kappa shape index (κ2) is 7.25. The van der Waals surface area contributed by atoms with E-state index >= 15 is 0 Å². The molecule has 2 unspecified atom stereocenters. The molecule has 0 radical (unpaired) electrons. The van der Waals surface area contributed by atoms with Crippen LogP contribution < -0.4 is 0 Å². The van der Waals surface area contributed by atoms with E-state index in [4.69, 9.17) is 28.3 Å². The SMILES string of the molecule is CCC(C)N(CC(=O)O)C(C)c1cc(F)c(Cl)cc1Cl. The molecule has 0 aliphatic carbocycles. The van der Waals surface area contributed by atoms with Crippen molar-refractivity contribution < 1.29 is 14.3 Å². The molecule has 20 heavy (non-hydrogen) atoms. The van der Waals surface area contributed by atoms with Gasteiger partial charge in [0.15, 0.2) is 0 Å². The zero-order valence-corrected chi connectivity index (χ0v) is 13.2. The molecule has 1 aromatic rings. The van der Waals surface area contributed by atoms with Crippen LogP contribution in [0.4, 0.5) is 4.39 Å². The second-order valence-electron chi connectivity index (χ2n) is 4.79. The van der Waals surface area contributed by atoms with Gasteiger partial charge < -0.3 is 5.11 Å². The van der Waals surface area contributed by atoms with Gasteiger partial charge in [-0.3, -0.25) is 9.69 Å². The molecule has 0 heterocycles. The number of carboxylic acids is 1. The van der Waals surface area contributed by atoms with Gasteiger partial charge in [-0.15, -0.1) is 0 Å². The first-order valence-electron chi connectivity index (χ1n) is 6.39. The predicted molar refractivity (Wildman–Crippen MR) is 78.9 cm³/mol. The van der Waals surface area contributed by atoms with Crippen LogP contribution in [0.15, 0.2) is 12.1 Å². The van der Waals surface area contributed by atoms with E-state index < -0.39 is 11.8 Å². The van der Waals surface area contributed by atoms with E-state index in [0.717, 1.165) is 6.42 Å². The number of benzene rings is 1. The first kappa shape index (κ1) is 17.2. The van der Waals surface area contributed by atoms with E-state index in [1.807, 2.05) is 20.8 Å². The Morgan fingerprint density at radius 1 is 1.35 bits per heavy atom. The van der Waals surface area contributed by atoms with Crippen molar-refractivity contribution in [3.8, 4) is 0 Å². The molecule has 0 saturated carbocycles. The number of halogens is 3. The van der Waals surface area contributed by atoms with Gasteiger partial charge in [0.25, 0.3) is 0 Å². The normalized spacial score (nSPS) is 14.3. The maximum atomic E-state index is 13.6. The van der Waals surface area contributed by atoms with E-state index in [2.05, 4.69) is 0 Å². The molecule has 0 bridgehead atoms. The second-order valence-corrected chi connectivity index (χ2v) is 5.60. The lowest BCUT2D eigenvalue weighted by atomic mass is 10.0. The highest BCUT2D eigenvalue weighted by molar-refractivity contribution is 6.35. The summed E-state index contributed by atoms with van der Waals surface area (Å²) in [6, 6.07) is 2.34. The molecule has 2 atom stereocenters. The van der Waals surface area contributed by atoms with Crippen molar-refractivity contribution in [2.75, 3.05) is 6.54 Å². The van der Waals surface area contributed by atoms with Gasteiger partial charge in [0.05, 0.1) is 11.6 Å². The van der Waals surface area contributed by atoms with Crippen LogP contribution >= 0.6 is 23.2 Å². The Labute approximate surface area is 128 Å². The van der Waals surface area contributed by atoms with E-state index in [9.17, 15) is 9.18 Å². The first-order chi connectivity index (χ1) is 9.27. The summed E-state index contributed by atoms with van der Waals surface area (Å²) in [6.07, 6.45) is 0.783. The summed E-state index contributed by atoms with van der Waals surface area (Å²) in [5, 5.41) is 9.32. The molecule has 0 aliphatic heterocycles. The Hall–Kier alpha value is -0.840. The zero-order valence-electron chi connectivity index (χ0n) is 11.7. The monoisotopic (exact) mass is 321 g/mol. The smallest absolute Gasteiger partial charge is 0.317 e. The molecule has 0 saturated heterocycles. The fraction of sp³-hybridized carbons (Fsp3) is 0.500. The fourth-order valence-electron chi connectivity index (χ4n) is 2.10. The Morgan fingerprint density at radius 3 is 2.45 bits per heavy atom. The van der Waals surface area contributed by atoms with Crippen molar-refractivity contribution in [1.29, 1.82) is 0 Å². The van der Waals surface area contributed by atoms with Crippen LogP contribution in [0.1, 0.15) is 38.8 Å². The van der Waals surface area contributed by atoms with Crippen molar-refractivity contribution in [2.24, 2.45) is 0 Å². The number of nitrogens with zero attached hydrogens (tertiary/aromatic N) is 1. The van der Waals surface area contributed by atoms with Crippen LogP contribution in [0.3, 0.4) is 0 Å². The summed E-state index contributed by atoms with van der Waals surface area (Å²) in [7, 11) is 0. The molecule has 3 nitrogen and oxygen atoms in total. The summed E-state index contributed by atoms with van der Waals surface area (Å²) in [4.78, 5) is 12.8. The van der Waals surface area contributed by atoms with Crippen LogP contribution in [0, 0.1) is 5.82 Å². The molecule has 0 fully saturated rings. The molecule has 0 spiro atoms. The number of rotatable bonds is 6. The maximum Gasteiger partial charge on any atom is 0.317 e. The topological polar surface area (TPSA) is 40.5 Å². The number of hydrogen-bond donors (Lipinski definition) is 1. The summed E-state index contributed by atoms with van der Waals surface area (Å²) in [5.74, 6) is -1.49. The van der Waals surface area contributed by atoms with Gasteiger partial charge in [-0.1, -0.05) is 30.1 Å². The van der Waals surface area contributed by atoms with Gasteiger partial charge >= 0.3 is 5.97 Å². The van der Waals surface area contributed by atoms with E-state index in [-0.39, 0.29) is 23.7 Å². The number of hydrogen-bond acceptors (Lipinski definition) is 2. The molecule has 0 aromatic heterocycles. The van der Waals surface area contributed by atoms with Gasteiger partial charge in [-0.2, -0.15) is 0 Å². The van der Waals surface area contributed by atoms with Gasteiger partial charge in [0, 0.05) is 17.1 Å². The van der Waals surface area contributed by atoms with Crippen molar-refractivity contribution in [1.82, 2.24) is 4.90 Å². The van der Waals surface area contributed by atoms with Crippen molar-refractivity contribution in [3.63, 3.8) is 0 Å². The Morgan fingerprint density at radius 2 is 1.95 bits per heavy atom. The molecule has 112 valence electrons. The highest BCUT2D eigenvalue weighted by Crippen LogP contribution is 2.32. The van der Waals surface area contributed by atoms with Gasteiger partial charge in [0.2, 0.25) is 0 Å². The number of carbonyl (C=O) groups is 1. The van der Waals surface area contributed by atoms with Gasteiger partial charge in [-0.25, -0.2) is 4.39 Å². The highest BCUT2D eigenvalue weighted by atomic mass is 35.5. The lowest BCUT2D eigenvalue weighted by molar-refractivity contribution is -0.139. The molecule has 0 aliphatic rings. The van der Waals surface area contributed by atoms with Gasteiger partial charge in [-0.05, 0) is 38.0 Å². The zero-order chi connectivity index (χ0) is 15.4. The van der Waals surface area contributed by atoms with Crippen LogP contribution in [-0.4, -0.2) is 28.6 Å². The van der Waals surface area contributed by atoms with E-state index in [1.165, 1.54) is 12.1 Å². The third kappa shape index (κ3) is 4.08. The Balaban J connectivity index is 3.14. The minimum Gasteiger partial charge on any atom is -0.480 e. The first-order valence-corrected chi connectivity index (χ1v) is 7.15. The molecule has 6 heteroatoms. The molecular weight excluding hydrogens is 304 g/mol. The van der Waals surface area contributed by atoms with Crippen LogP contribution in [0.25, 0.3) is 0 Å². The third-order valence-corrected chi connectivity index (χ3v) is 4.08. The molecule has 1 aromatic carbocycles.